The van der Waals surface area contributed by atoms with E-state index >= 15 is 0 Å². The van der Waals surface area contributed by atoms with Gasteiger partial charge in [0.25, 0.3) is 0 Å². The summed E-state index contributed by atoms with van der Waals surface area (Å²) in [5.74, 6) is 1.83. The zero-order chi connectivity index (χ0) is 14.7. The van der Waals surface area contributed by atoms with Crippen LogP contribution in [0.25, 0.3) is 0 Å². The van der Waals surface area contributed by atoms with E-state index in [4.69, 9.17) is 9.47 Å². The molecule has 0 aromatic heterocycles. The Kier molecular flexibility index (Phi) is 4.23. The molecule has 21 heavy (non-hydrogen) atoms. The highest BCUT2D eigenvalue weighted by Crippen LogP contribution is 2.39. The smallest absolute Gasteiger partial charge is 0.133 e. The quantitative estimate of drug-likeness (QED) is 0.855. The lowest BCUT2D eigenvalue weighted by Gasteiger charge is -2.19. The summed E-state index contributed by atoms with van der Waals surface area (Å²) in [7, 11) is 4.12. The number of hydrogen-bond acceptors (Lipinski definition) is 3. The summed E-state index contributed by atoms with van der Waals surface area (Å²) in [5.41, 5.74) is 2.33. The lowest BCUT2D eigenvalue weighted by Crippen LogP contribution is -2.20. The summed E-state index contributed by atoms with van der Waals surface area (Å²) in [6.07, 6.45) is 0.894. The van der Waals surface area contributed by atoms with Crippen molar-refractivity contribution in [1.82, 2.24) is 4.90 Å². The van der Waals surface area contributed by atoms with E-state index in [9.17, 15) is 0 Å². The number of hydrogen-bond donors (Lipinski definition) is 0. The van der Waals surface area contributed by atoms with Gasteiger partial charge in [-0.3, -0.25) is 0 Å². The summed E-state index contributed by atoms with van der Waals surface area (Å²) in [6.45, 7) is 1.63. The lowest BCUT2D eigenvalue weighted by atomic mass is 10.0. The minimum Gasteiger partial charge on any atom is -0.457 e. The summed E-state index contributed by atoms with van der Waals surface area (Å²) in [6, 6.07) is 16.4. The van der Waals surface area contributed by atoms with Crippen LogP contribution in [0.3, 0.4) is 0 Å². The minimum absolute atomic E-state index is 0.0461. The first-order chi connectivity index (χ1) is 10.2. The molecule has 2 aromatic carbocycles. The Bertz CT molecular complexity index is 610. The molecular weight excluding hydrogens is 262 g/mol. The van der Waals surface area contributed by atoms with Crippen molar-refractivity contribution in [3.8, 4) is 11.5 Å². The van der Waals surface area contributed by atoms with Crippen molar-refractivity contribution in [2.45, 2.75) is 12.5 Å². The number of benzene rings is 2. The van der Waals surface area contributed by atoms with Crippen molar-refractivity contribution in [2.75, 3.05) is 27.2 Å². The SMILES string of the molecule is CN(C)CCOC1Cc2ccccc2Oc2ccccc21. The number of nitrogens with zero attached hydrogens (tertiary/aromatic N) is 1. The molecule has 0 radical (unpaired) electrons. The topological polar surface area (TPSA) is 21.7 Å². The molecule has 0 saturated carbocycles. The molecule has 3 rings (SSSR count). The van der Waals surface area contributed by atoms with Crippen molar-refractivity contribution in [2.24, 2.45) is 0 Å². The molecule has 1 aliphatic rings. The molecule has 3 heteroatoms. The van der Waals surface area contributed by atoms with Crippen molar-refractivity contribution in [3.05, 3.63) is 59.7 Å². The molecule has 3 nitrogen and oxygen atoms in total. The largest absolute Gasteiger partial charge is 0.457 e. The number of rotatable bonds is 4. The average Bonchev–Trinajstić information content (AvgIpc) is 2.63. The highest BCUT2D eigenvalue weighted by molar-refractivity contribution is 5.46. The predicted molar refractivity (Wildman–Crippen MR) is 83.9 cm³/mol. The second kappa shape index (κ2) is 6.29. The Balaban J connectivity index is 1.88. The van der Waals surface area contributed by atoms with Gasteiger partial charge in [-0.1, -0.05) is 36.4 Å². The summed E-state index contributed by atoms with van der Waals surface area (Å²) < 4.78 is 12.2. The van der Waals surface area contributed by atoms with Crippen molar-refractivity contribution in [1.29, 1.82) is 0 Å². The first-order valence-corrected chi connectivity index (χ1v) is 7.35. The monoisotopic (exact) mass is 283 g/mol. The molecule has 0 saturated heterocycles. The van der Waals surface area contributed by atoms with Gasteiger partial charge in [0.15, 0.2) is 0 Å². The fourth-order valence-electron chi connectivity index (χ4n) is 2.57. The van der Waals surface area contributed by atoms with E-state index in [0.717, 1.165) is 30.0 Å². The van der Waals surface area contributed by atoms with Gasteiger partial charge in [0.2, 0.25) is 0 Å². The van der Waals surface area contributed by atoms with Crippen LogP contribution in [0, 0.1) is 0 Å². The predicted octanol–water partition coefficient (Wildman–Crippen LogP) is 3.65. The van der Waals surface area contributed by atoms with E-state index in [-0.39, 0.29) is 6.10 Å². The molecule has 0 fully saturated rings. The number of fused-ring (bicyclic) bond motifs is 2. The van der Waals surface area contributed by atoms with Gasteiger partial charge in [0, 0.05) is 18.5 Å². The van der Waals surface area contributed by atoms with Crippen LogP contribution in [0.1, 0.15) is 17.2 Å². The molecule has 0 N–H and O–H groups in total. The summed E-state index contributed by atoms with van der Waals surface area (Å²) in [5, 5.41) is 0. The average molecular weight is 283 g/mol. The zero-order valence-electron chi connectivity index (χ0n) is 12.6. The molecule has 1 aliphatic heterocycles. The van der Waals surface area contributed by atoms with Gasteiger partial charge in [0.05, 0.1) is 12.7 Å². The highest BCUT2D eigenvalue weighted by atomic mass is 16.5. The van der Waals surface area contributed by atoms with Gasteiger partial charge in [-0.25, -0.2) is 0 Å². The normalized spacial score (nSPS) is 16.8. The molecule has 1 heterocycles. The second-order valence-electron chi connectivity index (χ2n) is 5.61. The Morgan fingerprint density at radius 2 is 1.76 bits per heavy atom. The van der Waals surface area contributed by atoms with E-state index in [0.29, 0.717) is 6.61 Å². The van der Waals surface area contributed by atoms with Crippen LogP contribution >= 0.6 is 0 Å². The van der Waals surface area contributed by atoms with Crippen LogP contribution in [0.4, 0.5) is 0 Å². The summed E-state index contributed by atoms with van der Waals surface area (Å²) >= 11 is 0. The van der Waals surface area contributed by atoms with Gasteiger partial charge >= 0.3 is 0 Å². The van der Waals surface area contributed by atoms with Gasteiger partial charge < -0.3 is 14.4 Å². The number of para-hydroxylation sites is 2. The molecule has 0 spiro atoms. The third kappa shape index (κ3) is 3.26. The third-order valence-corrected chi connectivity index (χ3v) is 3.72. The van der Waals surface area contributed by atoms with Crippen LogP contribution in [-0.2, 0) is 11.2 Å². The van der Waals surface area contributed by atoms with E-state index in [1.807, 2.05) is 30.3 Å². The molecule has 0 aliphatic carbocycles. The first kappa shape index (κ1) is 14.1. The highest BCUT2D eigenvalue weighted by Gasteiger charge is 2.23. The van der Waals surface area contributed by atoms with Crippen LogP contribution in [0.2, 0.25) is 0 Å². The number of likely N-dealkylation sites (N-methyl/N-ethyl adjacent to an activating group) is 1. The van der Waals surface area contributed by atoms with Crippen LogP contribution in [-0.4, -0.2) is 32.1 Å². The second-order valence-corrected chi connectivity index (χ2v) is 5.61. The standard InChI is InChI=1S/C18H21NO2/c1-19(2)11-12-20-18-13-14-7-3-5-9-16(14)21-17-10-6-4-8-15(17)18/h3-10,18H,11-13H2,1-2H3. The first-order valence-electron chi connectivity index (χ1n) is 7.35. The fraction of sp³-hybridized carbons (Fsp3) is 0.333. The Hall–Kier alpha value is -1.84. The van der Waals surface area contributed by atoms with Gasteiger partial charge in [0.1, 0.15) is 11.5 Å². The van der Waals surface area contributed by atoms with Crippen molar-refractivity contribution < 1.29 is 9.47 Å². The minimum atomic E-state index is 0.0461. The Morgan fingerprint density at radius 1 is 1.05 bits per heavy atom. The maximum Gasteiger partial charge on any atom is 0.133 e. The van der Waals surface area contributed by atoms with Crippen molar-refractivity contribution >= 4 is 0 Å². The van der Waals surface area contributed by atoms with Crippen LogP contribution < -0.4 is 4.74 Å². The molecule has 0 bridgehead atoms. The molecule has 1 atom stereocenters. The Labute approximate surface area is 126 Å². The third-order valence-electron chi connectivity index (χ3n) is 3.72. The zero-order valence-corrected chi connectivity index (χ0v) is 12.6. The van der Waals surface area contributed by atoms with Gasteiger partial charge in [-0.05, 0) is 31.8 Å². The summed E-state index contributed by atoms with van der Waals surface area (Å²) in [4.78, 5) is 2.13. The van der Waals surface area contributed by atoms with E-state index in [1.54, 1.807) is 0 Å². The van der Waals surface area contributed by atoms with E-state index in [2.05, 4.69) is 37.2 Å². The van der Waals surface area contributed by atoms with Gasteiger partial charge in [-0.15, -0.1) is 0 Å². The lowest BCUT2D eigenvalue weighted by molar-refractivity contribution is 0.0439. The van der Waals surface area contributed by atoms with Crippen LogP contribution in [0.5, 0.6) is 11.5 Å². The van der Waals surface area contributed by atoms with Gasteiger partial charge in [-0.2, -0.15) is 0 Å². The van der Waals surface area contributed by atoms with E-state index in [1.165, 1.54) is 5.56 Å². The molecule has 110 valence electrons. The molecule has 1 unspecified atom stereocenters. The number of ether oxygens (including phenoxy) is 2. The Morgan fingerprint density at radius 3 is 2.57 bits per heavy atom. The maximum absolute atomic E-state index is 6.14. The van der Waals surface area contributed by atoms with Crippen LogP contribution in [0.15, 0.2) is 48.5 Å². The molecule has 0 amide bonds. The molecule has 2 aromatic rings. The van der Waals surface area contributed by atoms with Crippen molar-refractivity contribution in [3.63, 3.8) is 0 Å². The fourth-order valence-corrected chi connectivity index (χ4v) is 2.57. The van der Waals surface area contributed by atoms with E-state index < -0.39 is 0 Å². The molecular formula is C18H21NO2. The maximum atomic E-state index is 6.14.